The van der Waals surface area contributed by atoms with Crippen LogP contribution in [0.2, 0.25) is 0 Å². The highest BCUT2D eigenvalue weighted by atomic mass is 16.5. The summed E-state index contributed by atoms with van der Waals surface area (Å²) in [6.07, 6.45) is 4.13. The van der Waals surface area contributed by atoms with E-state index in [9.17, 15) is 0 Å². The Morgan fingerprint density at radius 2 is 2.25 bits per heavy atom. The summed E-state index contributed by atoms with van der Waals surface area (Å²) in [6, 6.07) is 11.0. The van der Waals surface area contributed by atoms with E-state index < -0.39 is 0 Å². The zero-order chi connectivity index (χ0) is 13.9. The van der Waals surface area contributed by atoms with Gasteiger partial charge in [-0.2, -0.15) is 0 Å². The van der Waals surface area contributed by atoms with Crippen LogP contribution in [0.15, 0.2) is 36.5 Å². The van der Waals surface area contributed by atoms with Crippen molar-refractivity contribution in [3.63, 3.8) is 0 Å². The fraction of sp³-hybridized carbons (Fsp3) is 0.353. The van der Waals surface area contributed by atoms with E-state index in [0.29, 0.717) is 6.04 Å². The molecule has 0 saturated carbocycles. The van der Waals surface area contributed by atoms with Crippen LogP contribution >= 0.6 is 0 Å². The molecule has 1 aliphatic rings. The summed E-state index contributed by atoms with van der Waals surface area (Å²) in [4.78, 5) is 4.46. The van der Waals surface area contributed by atoms with Gasteiger partial charge in [-0.15, -0.1) is 0 Å². The van der Waals surface area contributed by atoms with Gasteiger partial charge in [-0.3, -0.25) is 4.98 Å². The van der Waals surface area contributed by atoms with Crippen LogP contribution in [0.3, 0.4) is 0 Å². The van der Waals surface area contributed by atoms with Crippen molar-refractivity contribution >= 4 is 0 Å². The van der Waals surface area contributed by atoms with Gasteiger partial charge in [-0.1, -0.05) is 19.1 Å². The molecule has 1 unspecified atom stereocenters. The highest BCUT2D eigenvalue weighted by Gasteiger charge is 2.22. The quantitative estimate of drug-likeness (QED) is 0.923. The van der Waals surface area contributed by atoms with Crippen LogP contribution in [-0.2, 0) is 6.42 Å². The van der Waals surface area contributed by atoms with Gasteiger partial charge in [0.2, 0.25) is 0 Å². The third kappa shape index (κ3) is 2.29. The Balaban J connectivity index is 1.98. The van der Waals surface area contributed by atoms with Crippen LogP contribution in [0.4, 0.5) is 0 Å². The lowest BCUT2D eigenvalue weighted by molar-refractivity contribution is 0.415. The average molecular weight is 268 g/mol. The monoisotopic (exact) mass is 268 g/mol. The van der Waals surface area contributed by atoms with Crippen molar-refractivity contribution in [1.82, 2.24) is 10.3 Å². The molecule has 3 nitrogen and oxygen atoms in total. The third-order valence-electron chi connectivity index (χ3n) is 3.94. The molecular formula is C17H20N2O. The molecule has 0 spiro atoms. The molecule has 1 heterocycles. The predicted molar refractivity (Wildman–Crippen MR) is 81.0 cm³/mol. The smallest absolute Gasteiger partial charge is 0.145 e. The maximum Gasteiger partial charge on any atom is 0.145 e. The van der Waals surface area contributed by atoms with Gasteiger partial charge >= 0.3 is 0 Å². The van der Waals surface area contributed by atoms with E-state index in [2.05, 4.69) is 35.4 Å². The van der Waals surface area contributed by atoms with Gasteiger partial charge < -0.3 is 10.1 Å². The zero-order valence-electron chi connectivity index (χ0n) is 12.0. The first kappa shape index (κ1) is 13.1. The molecule has 0 aliphatic heterocycles. The van der Waals surface area contributed by atoms with Gasteiger partial charge in [0.25, 0.3) is 0 Å². The Hall–Kier alpha value is -1.87. The normalized spacial score (nSPS) is 17.0. The van der Waals surface area contributed by atoms with Gasteiger partial charge in [0, 0.05) is 17.8 Å². The molecule has 2 aromatic rings. The van der Waals surface area contributed by atoms with Crippen LogP contribution in [0, 0.1) is 0 Å². The summed E-state index contributed by atoms with van der Waals surface area (Å²) >= 11 is 0. The van der Waals surface area contributed by atoms with Crippen molar-refractivity contribution in [3.05, 3.63) is 47.7 Å². The molecule has 0 saturated heterocycles. The minimum atomic E-state index is 0.509. The van der Waals surface area contributed by atoms with E-state index in [4.69, 9.17) is 4.74 Å². The summed E-state index contributed by atoms with van der Waals surface area (Å²) in [7, 11) is 1.69. The highest BCUT2D eigenvalue weighted by molar-refractivity contribution is 5.67. The first-order valence-corrected chi connectivity index (χ1v) is 7.19. The molecule has 1 atom stereocenters. The van der Waals surface area contributed by atoms with Crippen LogP contribution in [-0.4, -0.2) is 18.6 Å². The number of rotatable bonds is 4. The minimum Gasteiger partial charge on any atom is -0.494 e. The molecule has 0 radical (unpaired) electrons. The molecule has 1 aromatic heterocycles. The van der Waals surface area contributed by atoms with Crippen molar-refractivity contribution in [2.24, 2.45) is 0 Å². The summed E-state index contributed by atoms with van der Waals surface area (Å²) in [5, 5.41) is 3.54. The van der Waals surface area contributed by atoms with Crippen molar-refractivity contribution in [2.75, 3.05) is 13.7 Å². The summed E-state index contributed by atoms with van der Waals surface area (Å²) in [5.41, 5.74) is 4.93. The summed E-state index contributed by atoms with van der Waals surface area (Å²) < 4.78 is 5.40. The van der Waals surface area contributed by atoms with Gasteiger partial charge in [0.15, 0.2) is 0 Å². The number of hydrogen-bond donors (Lipinski definition) is 1. The Bertz CT molecular complexity index is 610. The lowest BCUT2D eigenvalue weighted by atomic mass is 10.0. The topological polar surface area (TPSA) is 34.2 Å². The van der Waals surface area contributed by atoms with Crippen LogP contribution in [0.25, 0.3) is 11.3 Å². The fourth-order valence-electron chi connectivity index (χ4n) is 3.00. The SMILES string of the molecule is CCNC1CCc2cc(-c3ncccc3OC)ccc21. The number of ether oxygens (including phenoxy) is 1. The first-order chi connectivity index (χ1) is 9.83. The van der Waals surface area contributed by atoms with E-state index in [-0.39, 0.29) is 0 Å². The van der Waals surface area contributed by atoms with Gasteiger partial charge in [0.1, 0.15) is 11.4 Å². The molecule has 1 aromatic carbocycles. The number of fused-ring (bicyclic) bond motifs is 1. The van der Waals surface area contributed by atoms with E-state index >= 15 is 0 Å². The Morgan fingerprint density at radius 3 is 3.05 bits per heavy atom. The second kappa shape index (κ2) is 5.63. The van der Waals surface area contributed by atoms with Crippen LogP contribution < -0.4 is 10.1 Å². The third-order valence-corrected chi connectivity index (χ3v) is 3.94. The second-order valence-corrected chi connectivity index (χ2v) is 5.12. The molecule has 0 amide bonds. The van der Waals surface area contributed by atoms with Gasteiger partial charge in [-0.05, 0) is 48.7 Å². The van der Waals surface area contributed by atoms with Crippen molar-refractivity contribution in [2.45, 2.75) is 25.8 Å². The zero-order valence-corrected chi connectivity index (χ0v) is 12.0. The van der Waals surface area contributed by atoms with Crippen molar-refractivity contribution < 1.29 is 4.74 Å². The molecule has 3 rings (SSSR count). The van der Waals surface area contributed by atoms with Crippen LogP contribution in [0.5, 0.6) is 5.75 Å². The molecule has 0 fully saturated rings. The van der Waals surface area contributed by atoms with E-state index in [0.717, 1.165) is 30.0 Å². The standard InChI is InChI=1S/C17H20N2O/c1-3-18-15-9-7-12-11-13(6-8-14(12)15)17-16(20-2)5-4-10-19-17/h4-6,8,10-11,15,18H,3,7,9H2,1-2H3. The molecule has 0 bridgehead atoms. The molecule has 1 aliphatic carbocycles. The van der Waals surface area contributed by atoms with Gasteiger partial charge in [-0.25, -0.2) is 0 Å². The number of aryl methyl sites for hydroxylation is 1. The molecule has 1 N–H and O–H groups in total. The Kier molecular flexibility index (Phi) is 3.70. The number of methoxy groups -OCH3 is 1. The highest BCUT2D eigenvalue weighted by Crippen LogP contribution is 2.35. The lowest BCUT2D eigenvalue weighted by Crippen LogP contribution is -2.18. The molecule has 3 heteroatoms. The minimum absolute atomic E-state index is 0.509. The molecular weight excluding hydrogens is 248 g/mol. The number of aromatic nitrogens is 1. The predicted octanol–water partition coefficient (Wildman–Crippen LogP) is 3.35. The number of nitrogens with zero attached hydrogens (tertiary/aromatic N) is 1. The van der Waals surface area contributed by atoms with E-state index in [1.807, 2.05) is 18.3 Å². The number of nitrogens with one attached hydrogen (secondary N) is 1. The van der Waals surface area contributed by atoms with Crippen molar-refractivity contribution in [1.29, 1.82) is 0 Å². The lowest BCUT2D eigenvalue weighted by Gasteiger charge is -2.13. The van der Waals surface area contributed by atoms with Crippen molar-refractivity contribution in [3.8, 4) is 17.0 Å². The van der Waals surface area contributed by atoms with E-state index in [1.54, 1.807) is 7.11 Å². The largest absolute Gasteiger partial charge is 0.494 e. The summed E-state index contributed by atoms with van der Waals surface area (Å²) in [6.45, 7) is 3.17. The first-order valence-electron chi connectivity index (χ1n) is 7.19. The maximum absolute atomic E-state index is 5.40. The fourth-order valence-corrected chi connectivity index (χ4v) is 3.00. The Labute approximate surface area is 120 Å². The number of benzene rings is 1. The maximum atomic E-state index is 5.40. The van der Waals surface area contributed by atoms with E-state index in [1.165, 1.54) is 17.5 Å². The molecule has 20 heavy (non-hydrogen) atoms. The average Bonchev–Trinajstić information content (AvgIpc) is 2.90. The molecule has 104 valence electrons. The second-order valence-electron chi connectivity index (χ2n) is 5.12. The number of hydrogen-bond acceptors (Lipinski definition) is 3. The van der Waals surface area contributed by atoms with Gasteiger partial charge in [0.05, 0.1) is 7.11 Å². The Morgan fingerprint density at radius 1 is 1.35 bits per heavy atom. The van der Waals surface area contributed by atoms with Crippen LogP contribution in [0.1, 0.15) is 30.5 Å². The number of pyridine rings is 1. The summed E-state index contributed by atoms with van der Waals surface area (Å²) in [5.74, 6) is 0.827.